The first-order chi connectivity index (χ1) is 11.1. The van der Waals surface area contributed by atoms with Crippen LogP contribution in [0.25, 0.3) is 0 Å². The zero-order chi connectivity index (χ0) is 16.7. The Morgan fingerprint density at radius 2 is 1.91 bits per heavy atom. The topological polar surface area (TPSA) is 84.3 Å². The molecule has 0 aliphatic carbocycles. The van der Waals surface area contributed by atoms with E-state index >= 15 is 0 Å². The van der Waals surface area contributed by atoms with Crippen molar-refractivity contribution in [3.8, 4) is 0 Å². The molecule has 2 amide bonds. The standard InChI is InChI=1S/C17H19N3O3/c1-13-12-15(9-10-16(13)20(22)23)19-17(21)18-11-5-8-14-6-3-2-4-7-14/h2-4,6-7,9-10,12H,5,8,11H2,1H3,(H2,18,19,21). The average molecular weight is 313 g/mol. The van der Waals surface area contributed by atoms with Crippen LogP contribution in [-0.2, 0) is 6.42 Å². The maximum absolute atomic E-state index is 11.8. The van der Waals surface area contributed by atoms with E-state index in [9.17, 15) is 14.9 Å². The van der Waals surface area contributed by atoms with Crippen molar-refractivity contribution in [2.75, 3.05) is 11.9 Å². The van der Waals surface area contributed by atoms with Crippen molar-refractivity contribution in [3.05, 3.63) is 69.8 Å². The molecule has 0 aromatic heterocycles. The fourth-order valence-corrected chi connectivity index (χ4v) is 2.25. The van der Waals surface area contributed by atoms with Gasteiger partial charge in [-0.3, -0.25) is 10.1 Å². The van der Waals surface area contributed by atoms with Gasteiger partial charge in [-0.05, 0) is 37.5 Å². The number of nitro benzene ring substituents is 1. The van der Waals surface area contributed by atoms with Gasteiger partial charge in [-0.25, -0.2) is 4.79 Å². The van der Waals surface area contributed by atoms with E-state index in [1.807, 2.05) is 18.2 Å². The Labute approximate surface area is 134 Å². The Kier molecular flexibility index (Phi) is 5.68. The van der Waals surface area contributed by atoms with E-state index in [0.29, 0.717) is 17.8 Å². The van der Waals surface area contributed by atoms with Crippen molar-refractivity contribution >= 4 is 17.4 Å². The molecule has 6 heteroatoms. The number of benzene rings is 2. The molecule has 120 valence electrons. The number of urea groups is 1. The van der Waals surface area contributed by atoms with Gasteiger partial charge in [-0.15, -0.1) is 0 Å². The van der Waals surface area contributed by atoms with E-state index in [0.717, 1.165) is 12.8 Å². The number of carbonyl (C=O) groups is 1. The number of hydrogen-bond acceptors (Lipinski definition) is 3. The smallest absolute Gasteiger partial charge is 0.319 e. The number of nitrogens with one attached hydrogen (secondary N) is 2. The van der Waals surface area contributed by atoms with Crippen molar-refractivity contribution in [3.63, 3.8) is 0 Å². The van der Waals surface area contributed by atoms with E-state index in [4.69, 9.17) is 0 Å². The fourth-order valence-electron chi connectivity index (χ4n) is 2.25. The Balaban J connectivity index is 1.76. The molecule has 0 aliphatic rings. The van der Waals surface area contributed by atoms with Gasteiger partial charge in [-0.2, -0.15) is 0 Å². The summed E-state index contributed by atoms with van der Waals surface area (Å²) in [5.41, 5.74) is 2.32. The number of nitro groups is 1. The van der Waals surface area contributed by atoms with Crippen LogP contribution < -0.4 is 10.6 Å². The van der Waals surface area contributed by atoms with Crippen molar-refractivity contribution in [1.82, 2.24) is 5.32 Å². The molecule has 0 atom stereocenters. The molecule has 0 saturated heterocycles. The number of nitrogens with zero attached hydrogens (tertiary/aromatic N) is 1. The molecule has 2 N–H and O–H groups in total. The number of amides is 2. The second-order valence-corrected chi connectivity index (χ2v) is 5.23. The average Bonchev–Trinajstić information content (AvgIpc) is 2.52. The number of hydrogen-bond donors (Lipinski definition) is 2. The molecule has 0 bridgehead atoms. The molecule has 0 aliphatic heterocycles. The molecule has 2 aromatic rings. The highest BCUT2D eigenvalue weighted by Crippen LogP contribution is 2.21. The predicted molar refractivity (Wildman–Crippen MR) is 89.6 cm³/mol. The van der Waals surface area contributed by atoms with E-state index in [-0.39, 0.29) is 11.7 Å². The van der Waals surface area contributed by atoms with Crippen LogP contribution in [0.15, 0.2) is 48.5 Å². The Bertz CT molecular complexity index is 687. The van der Waals surface area contributed by atoms with Gasteiger partial charge in [0.2, 0.25) is 0 Å². The number of anilines is 1. The predicted octanol–water partition coefficient (Wildman–Crippen LogP) is 3.66. The van der Waals surface area contributed by atoms with Gasteiger partial charge in [0.1, 0.15) is 0 Å². The van der Waals surface area contributed by atoms with E-state index < -0.39 is 4.92 Å². The van der Waals surface area contributed by atoms with Crippen LogP contribution in [0, 0.1) is 17.0 Å². The maximum Gasteiger partial charge on any atom is 0.319 e. The van der Waals surface area contributed by atoms with Crippen molar-refractivity contribution in [1.29, 1.82) is 0 Å². The van der Waals surface area contributed by atoms with Crippen LogP contribution >= 0.6 is 0 Å². The van der Waals surface area contributed by atoms with Gasteiger partial charge < -0.3 is 10.6 Å². The summed E-state index contributed by atoms with van der Waals surface area (Å²) in [4.78, 5) is 22.1. The zero-order valence-corrected chi connectivity index (χ0v) is 12.9. The van der Waals surface area contributed by atoms with E-state index in [1.54, 1.807) is 13.0 Å². The Morgan fingerprint density at radius 1 is 1.17 bits per heavy atom. The second-order valence-electron chi connectivity index (χ2n) is 5.23. The van der Waals surface area contributed by atoms with Crippen LogP contribution in [0.1, 0.15) is 17.5 Å². The largest absolute Gasteiger partial charge is 0.338 e. The summed E-state index contributed by atoms with van der Waals surface area (Å²) in [6.07, 6.45) is 1.74. The Morgan fingerprint density at radius 3 is 2.57 bits per heavy atom. The maximum atomic E-state index is 11.8. The summed E-state index contributed by atoms with van der Waals surface area (Å²) < 4.78 is 0. The molecule has 2 rings (SSSR count). The summed E-state index contributed by atoms with van der Waals surface area (Å²) in [5, 5.41) is 16.2. The summed E-state index contributed by atoms with van der Waals surface area (Å²) in [6.45, 7) is 2.20. The SMILES string of the molecule is Cc1cc(NC(=O)NCCCc2ccccc2)ccc1[N+](=O)[O-]. The zero-order valence-electron chi connectivity index (χ0n) is 12.9. The first kappa shape index (κ1) is 16.5. The van der Waals surface area contributed by atoms with Gasteiger partial charge in [0.15, 0.2) is 0 Å². The van der Waals surface area contributed by atoms with Gasteiger partial charge in [0.05, 0.1) is 4.92 Å². The number of rotatable bonds is 6. The number of aryl methyl sites for hydroxylation is 2. The fraction of sp³-hybridized carbons (Fsp3) is 0.235. The van der Waals surface area contributed by atoms with E-state index in [2.05, 4.69) is 22.8 Å². The van der Waals surface area contributed by atoms with Gasteiger partial charge in [0, 0.05) is 23.9 Å². The van der Waals surface area contributed by atoms with Gasteiger partial charge in [-0.1, -0.05) is 30.3 Å². The minimum atomic E-state index is -0.442. The molecule has 0 spiro atoms. The lowest BCUT2D eigenvalue weighted by molar-refractivity contribution is -0.385. The normalized spacial score (nSPS) is 10.1. The quantitative estimate of drug-likeness (QED) is 0.485. The third-order valence-corrected chi connectivity index (χ3v) is 3.42. The van der Waals surface area contributed by atoms with Crippen LogP contribution in [-0.4, -0.2) is 17.5 Å². The summed E-state index contributed by atoms with van der Waals surface area (Å²) >= 11 is 0. The molecule has 0 radical (unpaired) electrons. The lowest BCUT2D eigenvalue weighted by Gasteiger charge is -2.08. The molecule has 6 nitrogen and oxygen atoms in total. The lowest BCUT2D eigenvalue weighted by atomic mass is 10.1. The van der Waals surface area contributed by atoms with Crippen molar-refractivity contribution in [2.45, 2.75) is 19.8 Å². The van der Waals surface area contributed by atoms with Gasteiger partial charge in [0.25, 0.3) is 5.69 Å². The molecule has 23 heavy (non-hydrogen) atoms. The van der Waals surface area contributed by atoms with Crippen LogP contribution in [0.3, 0.4) is 0 Å². The van der Waals surface area contributed by atoms with Crippen LogP contribution in [0.5, 0.6) is 0 Å². The third-order valence-electron chi connectivity index (χ3n) is 3.42. The summed E-state index contributed by atoms with van der Waals surface area (Å²) in [5.74, 6) is 0. The Hall–Kier alpha value is -2.89. The van der Waals surface area contributed by atoms with Gasteiger partial charge >= 0.3 is 6.03 Å². The molecule has 0 heterocycles. The molecule has 0 saturated carbocycles. The first-order valence-corrected chi connectivity index (χ1v) is 7.40. The molecule has 0 fully saturated rings. The first-order valence-electron chi connectivity index (χ1n) is 7.40. The van der Waals surface area contributed by atoms with Crippen LogP contribution in [0.2, 0.25) is 0 Å². The van der Waals surface area contributed by atoms with Crippen molar-refractivity contribution in [2.24, 2.45) is 0 Å². The third kappa shape index (κ3) is 5.10. The lowest BCUT2D eigenvalue weighted by Crippen LogP contribution is -2.29. The molecular formula is C17H19N3O3. The minimum Gasteiger partial charge on any atom is -0.338 e. The second kappa shape index (κ2) is 7.93. The monoisotopic (exact) mass is 313 g/mol. The summed E-state index contributed by atoms with van der Waals surface area (Å²) in [6, 6.07) is 14.3. The highest BCUT2D eigenvalue weighted by molar-refractivity contribution is 5.89. The highest BCUT2D eigenvalue weighted by Gasteiger charge is 2.11. The molecular weight excluding hydrogens is 294 g/mol. The van der Waals surface area contributed by atoms with Crippen molar-refractivity contribution < 1.29 is 9.72 Å². The highest BCUT2D eigenvalue weighted by atomic mass is 16.6. The summed E-state index contributed by atoms with van der Waals surface area (Å²) in [7, 11) is 0. The van der Waals surface area contributed by atoms with Crippen LogP contribution in [0.4, 0.5) is 16.2 Å². The molecule has 0 unspecified atom stereocenters. The van der Waals surface area contributed by atoms with E-state index in [1.165, 1.54) is 17.7 Å². The minimum absolute atomic E-state index is 0.0406. The molecule has 2 aromatic carbocycles. The number of carbonyl (C=O) groups excluding carboxylic acids is 1.